The van der Waals surface area contributed by atoms with Gasteiger partial charge in [-0.3, -0.25) is 9.80 Å². The molecule has 2 atom stereocenters. The number of ether oxygens (including phenoxy) is 4. The molecule has 266 valence electrons. The van der Waals surface area contributed by atoms with Crippen LogP contribution in [-0.2, 0) is 22.6 Å². The van der Waals surface area contributed by atoms with Crippen molar-refractivity contribution in [1.29, 1.82) is 0 Å². The molecule has 4 aliphatic rings. The Morgan fingerprint density at radius 1 is 0.600 bits per heavy atom. The first-order valence-corrected chi connectivity index (χ1v) is 18.9. The highest BCUT2D eigenvalue weighted by Gasteiger charge is 2.28. The van der Waals surface area contributed by atoms with Crippen LogP contribution in [0.1, 0.15) is 89.7 Å². The molecule has 0 amide bonds. The van der Waals surface area contributed by atoms with Gasteiger partial charge in [-0.2, -0.15) is 0 Å². The number of nitrogens with zero attached hydrogens (tertiary/aromatic N) is 2. The maximum atomic E-state index is 6.31. The van der Waals surface area contributed by atoms with Crippen molar-refractivity contribution in [2.24, 2.45) is 5.92 Å². The SMILES string of the molecule is CC1CC1.COc1ccc(C2OCCN(C)Cc3ccc(Br)cc32)cc1.COc1ccc(C2OCCN(C)Cc3ccc(C4CC4)cc32)cc1. The molecule has 50 heavy (non-hydrogen) atoms. The van der Waals surface area contributed by atoms with Gasteiger partial charge in [0.25, 0.3) is 0 Å². The molecule has 8 rings (SSSR count). The Hall–Kier alpha value is -3.20. The molecule has 2 fully saturated rings. The van der Waals surface area contributed by atoms with Crippen LogP contribution in [0.2, 0.25) is 0 Å². The van der Waals surface area contributed by atoms with Gasteiger partial charge in [0.15, 0.2) is 0 Å². The molecule has 2 heterocycles. The standard InChI is InChI=1S/C21H25NO2.C18H20BrNO2.C4H8/c1-22-11-12-24-21(16-7-9-19(23-2)10-8-16)20-13-17(15-3-4-15)5-6-18(20)14-22;1-20-9-10-22-18(13-4-7-16(21-2)8-5-13)17-11-15(19)6-3-14(17)12-20;1-4-2-3-4/h5-10,13,15,21H,3-4,11-12,14H2,1-2H3;3-8,11,18H,9-10,12H2,1-2H3;4H,2-3H2,1H3. The summed E-state index contributed by atoms with van der Waals surface area (Å²) in [5, 5.41) is 0. The first-order valence-electron chi connectivity index (χ1n) is 18.1. The fourth-order valence-electron chi connectivity index (χ4n) is 6.47. The van der Waals surface area contributed by atoms with Crippen LogP contribution in [0.3, 0.4) is 0 Å². The predicted molar refractivity (Wildman–Crippen MR) is 205 cm³/mol. The zero-order valence-electron chi connectivity index (χ0n) is 30.4. The van der Waals surface area contributed by atoms with Crippen LogP contribution in [-0.4, -0.2) is 64.4 Å². The summed E-state index contributed by atoms with van der Waals surface area (Å²) in [7, 11) is 7.68. The summed E-state index contributed by atoms with van der Waals surface area (Å²) in [6, 6.07) is 29.9. The molecule has 4 aromatic carbocycles. The molecule has 0 aromatic heterocycles. The zero-order valence-corrected chi connectivity index (χ0v) is 32.0. The van der Waals surface area contributed by atoms with Gasteiger partial charge in [-0.1, -0.05) is 84.2 Å². The normalized spacial score (nSPS) is 20.9. The molecular formula is C43H53BrN2O4. The lowest BCUT2D eigenvalue weighted by molar-refractivity contribution is 0.0552. The van der Waals surface area contributed by atoms with Crippen molar-refractivity contribution >= 4 is 15.9 Å². The molecule has 2 aliphatic heterocycles. The Morgan fingerprint density at radius 3 is 1.48 bits per heavy atom. The van der Waals surface area contributed by atoms with Crippen LogP contribution in [0.4, 0.5) is 0 Å². The second-order valence-corrected chi connectivity index (χ2v) is 15.2. The van der Waals surface area contributed by atoms with E-state index in [0.717, 1.165) is 72.8 Å². The molecule has 0 spiro atoms. The molecule has 7 heteroatoms. The Kier molecular flexibility index (Phi) is 12.7. The lowest BCUT2D eigenvalue weighted by atomic mass is 9.92. The number of benzene rings is 4. The van der Waals surface area contributed by atoms with Crippen molar-refractivity contribution in [2.45, 2.75) is 63.8 Å². The molecule has 6 nitrogen and oxygen atoms in total. The van der Waals surface area contributed by atoms with Gasteiger partial charge in [0.1, 0.15) is 23.7 Å². The third-order valence-corrected chi connectivity index (χ3v) is 10.5. The molecule has 2 saturated carbocycles. The smallest absolute Gasteiger partial charge is 0.118 e. The van der Waals surface area contributed by atoms with Crippen LogP contribution < -0.4 is 9.47 Å². The maximum Gasteiger partial charge on any atom is 0.118 e. The van der Waals surface area contributed by atoms with Crippen LogP contribution in [0, 0.1) is 5.92 Å². The molecule has 0 radical (unpaired) electrons. The van der Waals surface area contributed by atoms with Gasteiger partial charge in [0.05, 0.1) is 27.4 Å². The molecule has 2 aliphatic carbocycles. The topological polar surface area (TPSA) is 43.4 Å². The van der Waals surface area contributed by atoms with E-state index in [9.17, 15) is 0 Å². The van der Waals surface area contributed by atoms with E-state index in [4.69, 9.17) is 18.9 Å². The quantitative estimate of drug-likeness (QED) is 0.203. The zero-order chi connectivity index (χ0) is 35.0. The van der Waals surface area contributed by atoms with E-state index in [1.54, 1.807) is 14.2 Å². The average Bonchev–Trinajstić information content (AvgIpc) is 4.07. The fraction of sp³-hybridized carbons (Fsp3) is 0.442. The highest BCUT2D eigenvalue weighted by atomic mass is 79.9. The van der Waals surface area contributed by atoms with Gasteiger partial charge in [-0.15, -0.1) is 0 Å². The van der Waals surface area contributed by atoms with Crippen molar-refractivity contribution < 1.29 is 18.9 Å². The van der Waals surface area contributed by atoms with Crippen LogP contribution >= 0.6 is 15.9 Å². The highest BCUT2D eigenvalue weighted by Crippen LogP contribution is 2.42. The van der Waals surface area contributed by atoms with Crippen molar-refractivity contribution in [2.75, 3.05) is 54.6 Å². The van der Waals surface area contributed by atoms with Gasteiger partial charge in [-0.25, -0.2) is 0 Å². The van der Waals surface area contributed by atoms with Crippen LogP contribution in [0.25, 0.3) is 0 Å². The second-order valence-electron chi connectivity index (χ2n) is 14.3. The summed E-state index contributed by atoms with van der Waals surface area (Å²) in [4.78, 5) is 4.62. The molecule has 4 aromatic rings. The van der Waals surface area contributed by atoms with Gasteiger partial charge < -0.3 is 18.9 Å². The summed E-state index contributed by atoms with van der Waals surface area (Å²) >= 11 is 3.58. The number of hydrogen-bond donors (Lipinski definition) is 0. The van der Waals surface area contributed by atoms with E-state index in [1.165, 1.54) is 59.1 Å². The lowest BCUT2D eigenvalue weighted by Crippen LogP contribution is -2.28. The Morgan fingerprint density at radius 2 is 1.04 bits per heavy atom. The Bertz CT molecular complexity index is 1670. The van der Waals surface area contributed by atoms with Gasteiger partial charge in [0.2, 0.25) is 0 Å². The number of likely N-dealkylation sites (N-methyl/N-ethyl adjacent to an activating group) is 2. The van der Waals surface area contributed by atoms with Gasteiger partial charge in [0, 0.05) is 30.7 Å². The summed E-state index contributed by atoms with van der Waals surface area (Å²) < 4.78 is 24.1. The van der Waals surface area contributed by atoms with E-state index in [1.807, 2.05) is 24.3 Å². The molecule has 2 unspecified atom stereocenters. The minimum absolute atomic E-state index is 0.0123. The monoisotopic (exact) mass is 740 g/mol. The van der Waals surface area contributed by atoms with Crippen molar-refractivity contribution in [3.05, 3.63) is 128 Å². The number of fused-ring (bicyclic) bond motifs is 2. The Labute approximate surface area is 307 Å². The lowest BCUT2D eigenvalue weighted by Gasteiger charge is -2.29. The van der Waals surface area contributed by atoms with E-state index >= 15 is 0 Å². The van der Waals surface area contributed by atoms with Crippen molar-refractivity contribution in [3.63, 3.8) is 0 Å². The fourth-order valence-corrected chi connectivity index (χ4v) is 6.85. The van der Waals surface area contributed by atoms with Gasteiger partial charge in [-0.05, 0) is 114 Å². The van der Waals surface area contributed by atoms with E-state index in [2.05, 4.69) is 107 Å². The number of rotatable bonds is 5. The summed E-state index contributed by atoms with van der Waals surface area (Å²) in [5.74, 6) is 3.59. The third kappa shape index (κ3) is 9.98. The Balaban J connectivity index is 0.000000156. The summed E-state index contributed by atoms with van der Waals surface area (Å²) in [5.41, 5.74) is 9.08. The molecule has 0 N–H and O–H groups in total. The first-order chi connectivity index (χ1) is 24.3. The van der Waals surface area contributed by atoms with Gasteiger partial charge >= 0.3 is 0 Å². The highest BCUT2D eigenvalue weighted by molar-refractivity contribution is 9.10. The minimum Gasteiger partial charge on any atom is -0.497 e. The third-order valence-electron chi connectivity index (χ3n) is 9.99. The number of halogens is 1. The molecule has 0 bridgehead atoms. The maximum absolute atomic E-state index is 6.31. The van der Waals surface area contributed by atoms with E-state index in [-0.39, 0.29) is 12.2 Å². The number of hydrogen-bond acceptors (Lipinski definition) is 6. The second kappa shape index (κ2) is 17.3. The number of methoxy groups -OCH3 is 2. The van der Waals surface area contributed by atoms with E-state index < -0.39 is 0 Å². The van der Waals surface area contributed by atoms with E-state index in [0.29, 0.717) is 0 Å². The molecule has 0 saturated heterocycles. The van der Waals surface area contributed by atoms with Crippen molar-refractivity contribution in [1.82, 2.24) is 9.80 Å². The first kappa shape index (κ1) is 36.6. The van der Waals surface area contributed by atoms with Crippen LogP contribution in [0.5, 0.6) is 11.5 Å². The minimum atomic E-state index is -0.0351. The van der Waals surface area contributed by atoms with Crippen LogP contribution in [0.15, 0.2) is 89.4 Å². The average molecular weight is 742 g/mol. The summed E-state index contributed by atoms with van der Waals surface area (Å²) in [6.07, 6.45) is 5.60. The predicted octanol–water partition coefficient (Wildman–Crippen LogP) is 9.55. The largest absolute Gasteiger partial charge is 0.497 e. The molecular weight excluding hydrogens is 688 g/mol. The summed E-state index contributed by atoms with van der Waals surface area (Å²) in [6.45, 7) is 7.56. The van der Waals surface area contributed by atoms with Crippen molar-refractivity contribution in [3.8, 4) is 11.5 Å².